The molecule has 1 aliphatic carbocycles. The molecule has 1 unspecified atom stereocenters. The number of hydrogen-bond donors (Lipinski definition) is 2. The van der Waals surface area contributed by atoms with E-state index in [2.05, 4.69) is 19.2 Å². The van der Waals surface area contributed by atoms with Crippen LogP contribution in [0.5, 0.6) is 5.75 Å². The van der Waals surface area contributed by atoms with Crippen LogP contribution < -0.4 is 15.8 Å². The monoisotopic (exact) mass is 276 g/mol. The van der Waals surface area contributed by atoms with E-state index in [9.17, 15) is 0 Å². The summed E-state index contributed by atoms with van der Waals surface area (Å²) in [6.07, 6.45) is 7.79. The van der Waals surface area contributed by atoms with E-state index in [1.54, 1.807) is 0 Å². The number of ether oxygens (including phenoxy) is 1. The van der Waals surface area contributed by atoms with Gasteiger partial charge in [0, 0.05) is 6.04 Å². The zero-order valence-electron chi connectivity index (χ0n) is 12.8. The summed E-state index contributed by atoms with van der Waals surface area (Å²) in [6.45, 7) is 5.09. The van der Waals surface area contributed by atoms with Crippen LogP contribution in [-0.2, 0) is 0 Å². The molecule has 1 fully saturated rings. The Morgan fingerprint density at radius 1 is 1.30 bits per heavy atom. The number of anilines is 2. The van der Waals surface area contributed by atoms with Crippen molar-refractivity contribution in [3.8, 4) is 5.75 Å². The minimum atomic E-state index is 0.471. The topological polar surface area (TPSA) is 47.3 Å². The fraction of sp³-hybridized carbons (Fsp3) is 0.647. The number of rotatable bonds is 6. The molecule has 2 rings (SSSR count). The number of nitrogen functional groups attached to an aromatic ring is 1. The van der Waals surface area contributed by atoms with Crippen molar-refractivity contribution in [2.45, 2.75) is 58.4 Å². The fourth-order valence-electron chi connectivity index (χ4n) is 3.01. The van der Waals surface area contributed by atoms with Crippen LogP contribution in [0.2, 0.25) is 0 Å². The molecule has 1 aromatic rings. The third-order valence-corrected chi connectivity index (χ3v) is 4.27. The molecule has 1 atom stereocenters. The Labute approximate surface area is 122 Å². The smallest absolute Gasteiger partial charge is 0.144 e. The van der Waals surface area contributed by atoms with Crippen molar-refractivity contribution in [3.05, 3.63) is 18.2 Å². The maximum Gasteiger partial charge on any atom is 0.144 e. The molecular formula is C17H28N2O. The Morgan fingerprint density at radius 3 is 2.75 bits per heavy atom. The molecule has 1 saturated carbocycles. The summed E-state index contributed by atoms with van der Waals surface area (Å²) in [5, 5.41) is 3.59. The molecule has 0 aliphatic heterocycles. The highest BCUT2D eigenvalue weighted by molar-refractivity contribution is 5.73. The van der Waals surface area contributed by atoms with Crippen LogP contribution in [0, 0.1) is 5.92 Å². The van der Waals surface area contributed by atoms with E-state index in [-0.39, 0.29) is 0 Å². The summed E-state index contributed by atoms with van der Waals surface area (Å²) < 4.78 is 5.69. The zero-order chi connectivity index (χ0) is 14.4. The average molecular weight is 276 g/mol. The number of para-hydroxylation sites is 1. The fourth-order valence-corrected chi connectivity index (χ4v) is 3.01. The van der Waals surface area contributed by atoms with E-state index in [0.29, 0.717) is 12.6 Å². The average Bonchev–Trinajstić information content (AvgIpc) is 2.49. The van der Waals surface area contributed by atoms with Gasteiger partial charge in [-0.3, -0.25) is 0 Å². The number of benzene rings is 1. The Bertz CT molecular complexity index is 413. The Kier molecular flexibility index (Phi) is 5.57. The van der Waals surface area contributed by atoms with Crippen molar-refractivity contribution in [1.29, 1.82) is 0 Å². The molecule has 0 radical (unpaired) electrons. The van der Waals surface area contributed by atoms with Gasteiger partial charge in [0.15, 0.2) is 0 Å². The van der Waals surface area contributed by atoms with Crippen molar-refractivity contribution in [3.63, 3.8) is 0 Å². The van der Waals surface area contributed by atoms with Gasteiger partial charge in [-0.05, 0) is 44.2 Å². The number of nitrogens with two attached hydrogens (primary N) is 1. The van der Waals surface area contributed by atoms with E-state index in [1.807, 2.05) is 18.2 Å². The van der Waals surface area contributed by atoms with Crippen LogP contribution in [0.15, 0.2) is 18.2 Å². The van der Waals surface area contributed by atoms with Crippen LogP contribution in [0.25, 0.3) is 0 Å². The Balaban J connectivity index is 2.00. The van der Waals surface area contributed by atoms with Gasteiger partial charge >= 0.3 is 0 Å². The molecule has 1 aliphatic rings. The van der Waals surface area contributed by atoms with Gasteiger partial charge in [-0.2, -0.15) is 0 Å². The normalized spacial score (nSPS) is 17.7. The molecule has 112 valence electrons. The zero-order valence-corrected chi connectivity index (χ0v) is 12.8. The van der Waals surface area contributed by atoms with Gasteiger partial charge in [0.1, 0.15) is 5.75 Å². The highest BCUT2D eigenvalue weighted by Gasteiger charge is 2.20. The molecule has 3 nitrogen and oxygen atoms in total. The standard InChI is InChI=1S/C17H28N2O/c1-3-12-20-16-11-7-10-15(17(16)18)19-13(2)14-8-5-4-6-9-14/h7,10-11,13-14,19H,3-6,8-9,12,18H2,1-2H3. The van der Waals surface area contributed by atoms with Gasteiger partial charge in [0.25, 0.3) is 0 Å². The summed E-state index contributed by atoms with van der Waals surface area (Å²) in [6, 6.07) is 6.48. The molecule has 3 N–H and O–H groups in total. The van der Waals surface area contributed by atoms with Gasteiger partial charge in [0.05, 0.1) is 18.0 Å². The molecule has 1 aromatic carbocycles. The van der Waals surface area contributed by atoms with Crippen LogP contribution in [-0.4, -0.2) is 12.6 Å². The second-order valence-electron chi connectivity index (χ2n) is 5.90. The van der Waals surface area contributed by atoms with Gasteiger partial charge in [-0.25, -0.2) is 0 Å². The quantitative estimate of drug-likeness (QED) is 0.755. The van der Waals surface area contributed by atoms with Crippen molar-refractivity contribution in [2.75, 3.05) is 17.7 Å². The lowest BCUT2D eigenvalue weighted by atomic mass is 9.84. The van der Waals surface area contributed by atoms with E-state index in [4.69, 9.17) is 10.5 Å². The number of hydrogen-bond acceptors (Lipinski definition) is 3. The number of nitrogens with one attached hydrogen (secondary N) is 1. The highest BCUT2D eigenvalue weighted by Crippen LogP contribution is 2.33. The molecule has 0 amide bonds. The van der Waals surface area contributed by atoms with Crippen molar-refractivity contribution >= 4 is 11.4 Å². The van der Waals surface area contributed by atoms with Gasteiger partial charge < -0.3 is 15.8 Å². The minimum Gasteiger partial charge on any atom is -0.491 e. The predicted octanol–water partition coefficient (Wildman–Crippen LogP) is 4.44. The van der Waals surface area contributed by atoms with Gasteiger partial charge in [-0.15, -0.1) is 0 Å². The van der Waals surface area contributed by atoms with E-state index < -0.39 is 0 Å². The van der Waals surface area contributed by atoms with Crippen LogP contribution in [0.1, 0.15) is 52.4 Å². The molecule has 0 saturated heterocycles. The predicted molar refractivity (Wildman–Crippen MR) is 86.3 cm³/mol. The lowest BCUT2D eigenvalue weighted by Gasteiger charge is -2.29. The lowest BCUT2D eigenvalue weighted by molar-refractivity contribution is 0.318. The summed E-state index contributed by atoms with van der Waals surface area (Å²) in [4.78, 5) is 0. The van der Waals surface area contributed by atoms with Crippen LogP contribution in [0.3, 0.4) is 0 Å². The van der Waals surface area contributed by atoms with Crippen LogP contribution in [0.4, 0.5) is 11.4 Å². The lowest BCUT2D eigenvalue weighted by Crippen LogP contribution is -2.28. The first kappa shape index (κ1) is 15.0. The molecule has 0 spiro atoms. The largest absolute Gasteiger partial charge is 0.491 e. The SMILES string of the molecule is CCCOc1cccc(NC(C)C2CCCCC2)c1N. The second-order valence-corrected chi connectivity index (χ2v) is 5.90. The van der Waals surface area contributed by atoms with Crippen molar-refractivity contribution in [2.24, 2.45) is 5.92 Å². The summed E-state index contributed by atoms with van der Waals surface area (Å²) in [5.41, 5.74) is 7.96. The molecule has 0 aromatic heterocycles. The molecule has 0 heterocycles. The third-order valence-electron chi connectivity index (χ3n) is 4.27. The minimum absolute atomic E-state index is 0.471. The maximum absolute atomic E-state index is 6.21. The summed E-state index contributed by atoms with van der Waals surface area (Å²) >= 11 is 0. The van der Waals surface area contributed by atoms with Crippen molar-refractivity contribution in [1.82, 2.24) is 0 Å². The third kappa shape index (κ3) is 3.81. The molecule has 0 bridgehead atoms. The van der Waals surface area contributed by atoms with Crippen LogP contribution >= 0.6 is 0 Å². The summed E-state index contributed by atoms with van der Waals surface area (Å²) in [7, 11) is 0. The first-order chi connectivity index (χ1) is 9.72. The molecule has 20 heavy (non-hydrogen) atoms. The molecular weight excluding hydrogens is 248 g/mol. The maximum atomic E-state index is 6.21. The highest BCUT2D eigenvalue weighted by atomic mass is 16.5. The van der Waals surface area contributed by atoms with Gasteiger partial charge in [-0.1, -0.05) is 32.3 Å². The van der Waals surface area contributed by atoms with Crippen molar-refractivity contribution < 1.29 is 4.74 Å². The van der Waals surface area contributed by atoms with E-state index in [1.165, 1.54) is 32.1 Å². The first-order valence-corrected chi connectivity index (χ1v) is 8.00. The van der Waals surface area contributed by atoms with E-state index in [0.717, 1.165) is 29.5 Å². The second kappa shape index (κ2) is 7.41. The Hall–Kier alpha value is -1.38. The Morgan fingerprint density at radius 2 is 2.05 bits per heavy atom. The first-order valence-electron chi connectivity index (χ1n) is 8.00. The molecule has 3 heteroatoms. The van der Waals surface area contributed by atoms with Gasteiger partial charge in [0.2, 0.25) is 0 Å². The summed E-state index contributed by atoms with van der Waals surface area (Å²) in [5.74, 6) is 1.57. The van der Waals surface area contributed by atoms with E-state index >= 15 is 0 Å².